The summed E-state index contributed by atoms with van der Waals surface area (Å²) in [4.78, 5) is 10.6. The highest BCUT2D eigenvalue weighted by Gasteiger charge is 2.45. The molecule has 0 unspecified atom stereocenters. The van der Waals surface area contributed by atoms with Crippen LogP contribution in [0.15, 0.2) is 0 Å². The first kappa shape index (κ1) is 7.50. The minimum absolute atomic E-state index is 0.103. The van der Waals surface area contributed by atoms with Gasteiger partial charge in [-0.1, -0.05) is 0 Å². The van der Waals surface area contributed by atoms with E-state index in [1.165, 1.54) is 0 Å². The molecule has 0 heterocycles. The summed E-state index contributed by atoms with van der Waals surface area (Å²) in [5.41, 5.74) is 9.70. The molecular formula is C6H12N2O2. The topological polar surface area (TPSA) is 89.3 Å². The number of carbonyl (C=O) groups is 1. The van der Waals surface area contributed by atoms with Gasteiger partial charge in [-0.25, -0.2) is 0 Å². The van der Waals surface area contributed by atoms with Crippen molar-refractivity contribution in [1.29, 1.82) is 0 Å². The van der Waals surface area contributed by atoms with E-state index < -0.39 is 11.4 Å². The van der Waals surface area contributed by atoms with Gasteiger partial charge in [0.15, 0.2) is 0 Å². The van der Waals surface area contributed by atoms with Crippen molar-refractivity contribution < 1.29 is 9.90 Å². The Bertz CT molecular complexity index is 152. The largest absolute Gasteiger partial charge is 0.396 e. The fraction of sp³-hybridized carbons (Fsp3) is 0.833. The van der Waals surface area contributed by atoms with E-state index in [1.54, 1.807) is 0 Å². The van der Waals surface area contributed by atoms with Gasteiger partial charge in [-0.2, -0.15) is 0 Å². The van der Waals surface area contributed by atoms with Crippen molar-refractivity contribution in [3.8, 4) is 0 Å². The summed E-state index contributed by atoms with van der Waals surface area (Å²) in [6.07, 6.45) is 1.05. The minimum Gasteiger partial charge on any atom is -0.396 e. The molecule has 4 heteroatoms. The summed E-state index contributed by atoms with van der Waals surface area (Å²) in [5, 5.41) is 8.59. The zero-order chi connectivity index (χ0) is 7.78. The number of hydrogen-bond acceptors (Lipinski definition) is 3. The Morgan fingerprint density at radius 2 is 2.20 bits per heavy atom. The molecule has 58 valence electrons. The molecule has 10 heavy (non-hydrogen) atoms. The molecule has 0 aromatic carbocycles. The van der Waals surface area contributed by atoms with Crippen LogP contribution >= 0.6 is 0 Å². The normalized spacial score (nSPS) is 38.8. The summed E-state index contributed by atoms with van der Waals surface area (Å²) in [6.45, 7) is 0.103. The summed E-state index contributed by atoms with van der Waals surface area (Å²) in [6, 6.07) is 0. The first-order valence-corrected chi connectivity index (χ1v) is 3.28. The zero-order valence-electron chi connectivity index (χ0n) is 5.71. The lowest BCUT2D eigenvalue weighted by Crippen LogP contribution is -2.61. The Morgan fingerprint density at radius 3 is 2.50 bits per heavy atom. The van der Waals surface area contributed by atoms with Gasteiger partial charge in [-0.05, 0) is 18.8 Å². The predicted octanol–water partition coefficient (Wildman–Crippen LogP) is -1.43. The van der Waals surface area contributed by atoms with Crippen molar-refractivity contribution in [2.24, 2.45) is 17.4 Å². The maximum atomic E-state index is 10.6. The van der Waals surface area contributed by atoms with E-state index in [9.17, 15) is 4.79 Å². The van der Waals surface area contributed by atoms with Gasteiger partial charge in [-0.15, -0.1) is 0 Å². The second-order valence-corrected chi connectivity index (χ2v) is 2.98. The highest BCUT2D eigenvalue weighted by atomic mass is 16.3. The fourth-order valence-corrected chi connectivity index (χ4v) is 1.30. The Hall–Kier alpha value is -0.610. The van der Waals surface area contributed by atoms with Crippen LogP contribution in [0.3, 0.4) is 0 Å². The van der Waals surface area contributed by atoms with Gasteiger partial charge in [0, 0.05) is 6.61 Å². The molecule has 0 radical (unpaired) electrons. The first-order chi connectivity index (χ1) is 4.58. The molecular weight excluding hydrogens is 132 g/mol. The molecule has 1 aliphatic carbocycles. The molecule has 0 spiro atoms. The lowest BCUT2D eigenvalue weighted by atomic mass is 9.69. The highest BCUT2D eigenvalue weighted by Crippen LogP contribution is 2.34. The molecule has 0 aromatic heterocycles. The van der Waals surface area contributed by atoms with Crippen molar-refractivity contribution in [3.63, 3.8) is 0 Å². The first-order valence-electron chi connectivity index (χ1n) is 3.28. The molecule has 4 nitrogen and oxygen atoms in total. The van der Waals surface area contributed by atoms with E-state index in [2.05, 4.69) is 0 Å². The summed E-state index contributed by atoms with van der Waals surface area (Å²) >= 11 is 0. The predicted molar refractivity (Wildman–Crippen MR) is 35.9 cm³/mol. The van der Waals surface area contributed by atoms with Crippen molar-refractivity contribution >= 4 is 5.91 Å². The number of hydrogen-bond donors (Lipinski definition) is 3. The summed E-state index contributed by atoms with van der Waals surface area (Å²) in [5.74, 6) is -0.283. The Balaban J connectivity index is 2.42. The van der Waals surface area contributed by atoms with E-state index in [4.69, 9.17) is 16.6 Å². The van der Waals surface area contributed by atoms with Gasteiger partial charge in [0.1, 0.15) is 0 Å². The maximum Gasteiger partial charge on any atom is 0.237 e. The van der Waals surface area contributed by atoms with Crippen LogP contribution in [0.5, 0.6) is 0 Å². The van der Waals surface area contributed by atoms with Gasteiger partial charge in [-0.3, -0.25) is 4.79 Å². The number of aliphatic hydroxyl groups is 1. The van der Waals surface area contributed by atoms with Gasteiger partial charge in [0.2, 0.25) is 5.91 Å². The van der Waals surface area contributed by atoms with Crippen LogP contribution in [-0.2, 0) is 4.79 Å². The molecule has 1 saturated carbocycles. The second kappa shape index (κ2) is 2.21. The third-order valence-corrected chi connectivity index (χ3v) is 2.05. The van der Waals surface area contributed by atoms with Gasteiger partial charge >= 0.3 is 0 Å². The third-order valence-electron chi connectivity index (χ3n) is 2.05. The smallest absolute Gasteiger partial charge is 0.237 e. The molecule has 0 atom stereocenters. The van der Waals surface area contributed by atoms with E-state index in [0.717, 1.165) is 0 Å². The van der Waals surface area contributed by atoms with Crippen LogP contribution in [0.2, 0.25) is 0 Å². The number of carbonyl (C=O) groups excluding carboxylic acids is 1. The van der Waals surface area contributed by atoms with Crippen LogP contribution in [0.1, 0.15) is 12.8 Å². The average molecular weight is 144 g/mol. The van der Waals surface area contributed by atoms with Crippen LogP contribution in [0.4, 0.5) is 0 Å². The van der Waals surface area contributed by atoms with Crippen molar-refractivity contribution in [2.75, 3.05) is 6.61 Å². The summed E-state index contributed by atoms with van der Waals surface area (Å²) < 4.78 is 0. The molecule has 1 amide bonds. The number of nitrogens with two attached hydrogens (primary N) is 2. The molecule has 1 aliphatic rings. The number of amides is 1. The molecule has 0 bridgehead atoms. The SMILES string of the molecule is NC(=O)C1(N)CC(CO)C1. The lowest BCUT2D eigenvalue weighted by Gasteiger charge is -2.41. The van der Waals surface area contributed by atoms with Gasteiger partial charge < -0.3 is 16.6 Å². The quantitative estimate of drug-likeness (QED) is 0.444. The highest BCUT2D eigenvalue weighted by molar-refractivity contribution is 5.85. The maximum absolute atomic E-state index is 10.6. The van der Waals surface area contributed by atoms with E-state index >= 15 is 0 Å². The van der Waals surface area contributed by atoms with E-state index in [1.807, 2.05) is 0 Å². The third kappa shape index (κ3) is 0.998. The lowest BCUT2D eigenvalue weighted by molar-refractivity contribution is -0.128. The van der Waals surface area contributed by atoms with Gasteiger partial charge in [0.05, 0.1) is 5.54 Å². The molecule has 0 aromatic rings. The minimum atomic E-state index is -0.826. The fourth-order valence-electron chi connectivity index (χ4n) is 1.30. The molecule has 1 rings (SSSR count). The number of rotatable bonds is 2. The Kier molecular flexibility index (Phi) is 1.66. The standard InChI is InChI=1S/C6H12N2O2/c7-5(10)6(8)1-4(2-6)3-9/h4,9H,1-3,8H2,(H2,7,10). The number of aliphatic hydroxyl groups excluding tert-OH is 1. The van der Waals surface area contributed by atoms with Crippen molar-refractivity contribution in [2.45, 2.75) is 18.4 Å². The monoisotopic (exact) mass is 144 g/mol. The van der Waals surface area contributed by atoms with Crippen LogP contribution in [0, 0.1) is 5.92 Å². The van der Waals surface area contributed by atoms with Gasteiger partial charge in [0.25, 0.3) is 0 Å². The Morgan fingerprint density at radius 1 is 1.70 bits per heavy atom. The van der Waals surface area contributed by atoms with Crippen molar-refractivity contribution in [1.82, 2.24) is 0 Å². The van der Waals surface area contributed by atoms with Crippen LogP contribution in [0.25, 0.3) is 0 Å². The van der Waals surface area contributed by atoms with E-state index in [0.29, 0.717) is 12.8 Å². The average Bonchev–Trinajstić information content (AvgIpc) is 1.80. The summed E-state index contributed by atoms with van der Waals surface area (Å²) in [7, 11) is 0. The molecule has 5 N–H and O–H groups in total. The number of primary amides is 1. The molecule has 1 fully saturated rings. The Labute approximate surface area is 59.2 Å². The van der Waals surface area contributed by atoms with E-state index in [-0.39, 0.29) is 12.5 Å². The molecule has 0 saturated heterocycles. The second-order valence-electron chi connectivity index (χ2n) is 2.98. The zero-order valence-corrected chi connectivity index (χ0v) is 5.71. The van der Waals surface area contributed by atoms with Crippen molar-refractivity contribution in [3.05, 3.63) is 0 Å². The van der Waals surface area contributed by atoms with Crippen LogP contribution < -0.4 is 11.5 Å². The van der Waals surface area contributed by atoms with Crippen LogP contribution in [-0.4, -0.2) is 23.2 Å². The molecule has 0 aliphatic heterocycles.